The Balaban J connectivity index is 2.10. The number of rotatable bonds is 1. The second-order valence-corrected chi connectivity index (χ2v) is 4.42. The van der Waals surface area contributed by atoms with Gasteiger partial charge < -0.3 is 4.74 Å². The Morgan fingerprint density at radius 2 is 2.15 bits per heavy atom. The van der Waals surface area contributed by atoms with Crippen molar-refractivity contribution in [3.8, 4) is 0 Å². The summed E-state index contributed by atoms with van der Waals surface area (Å²) in [6.07, 6.45) is 6.84. The molecule has 2 nitrogen and oxygen atoms in total. The minimum absolute atomic E-state index is 0.224. The van der Waals surface area contributed by atoms with Gasteiger partial charge >= 0.3 is 0 Å². The van der Waals surface area contributed by atoms with Crippen molar-refractivity contribution in [2.24, 2.45) is 11.8 Å². The fourth-order valence-corrected chi connectivity index (χ4v) is 2.86. The van der Waals surface area contributed by atoms with Crippen LogP contribution in [0.2, 0.25) is 0 Å². The predicted octanol–water partition coefficient (Wildman–Crippen LogP) is 2.17. The highest BCUT2D eigenvalue weighted by atomic mass is 16.5. The molecular weight excluding hydrogens is 164 g/mol. The van der Waals surface area contributed by atoms with Gasteiger partial charge in [0.25, 0.3) is 0 Å². The normalized spacial score (nSPS) is 40.1. The number of carbonyl (C=O) groups is 1. The minimum Gasteiger partial charge on any atom is -0.381 e. The third-order valence-electron chi connectivity index (χ3n) is 3.65. The number of carbonyl (C=O) groups excluding carboxylic acids is 1. The third kappa shape index (κ3) is 1.78. The molecule has 2 rings (SSSR count). The van der Waals surface area contributed by atoms with Crippen LogP contribution in [0.1, 0.15) is 38.5 Å². The van der Waals surface area contributed by atoms with Crippen LogP contribution < -0.4 is 0 Å². The van der Waals surface area contributed by atoms with Gasteiger partial charge in [0, 0.05) is 19.4 Å². The number of hydrogen-bond acceptors (Lipinski definition) is 2. The lowest BCUT2D eigenvalue weighted by molar-refractivity contribution is -0.129. The van der Waals surface area contributed by atoms with E-state index in [-0.39, 0.29) is 12.0 Å². The number of fused-ring (bicyclic) bond motifs is 2. The molecule has 2 bridgehead atoms. The van der Waals surface area contributed by atoms with Gasteiger partial charge in [-0.1, -0.05) is 0 Å². The highest BCUT2D eigenvalue weighted by Crippen LogP contribution is 2.37. The van der Waals surface area contributed by atoms with E-state index in [0.29, 0.717) is 5.78 Å². The van der Waals surface area contributed by atoms with Crippen LogP contribution in [0, 0.1) is 11.8 Å². The summed E-state index contributed by atoms with van der Waals surface area (Å²) >= 11 is 0. The van der Waals surface area contributed by atoms with Gasteiger partial charge in [0.2, 0.25) is 0 Å². The molecule has 0 aliphatic heterocycles. The van der Waals surface area contributed by atoms with Gasteiger partial charge in [-0.2, -0.15) is 0 Å². The average Bonchev–Trinajstić information content (AvgIpc) is 2.29. The minimum atomic E-state index is 0.224. The Morgan fingerprint density at radius 3 is 2.92 bits per heavy atom. The van der Waals surface area contributed by atoms with Gasteiger partial charge in [0.1, 0.15) is 5.78 Å². The van der Waals surface area contributed by atoms with Gasteiger partial charge in [-0.25, -0.2) is 0 Å². The monoisotopic (exact) mass is 182 g/mol. The van der Waals surface area contributed by atoms with E-state index < -0.39 is 0 Å². The smallest absolute Gasteiger partial charge is 0.138 e. The first-order valence-corrected chi connectivity index (χ1v) is 5.36. The van der Waals surface area contributed by atoms with Crippen molar-refractivity contribution >= 4 is 5.78 Å². The van der Waals surface area contributed by atoms with E-state index >= 15 is 0 Å². The number of ketones is 1. The van der Waals surface area contributed by atoms with Crippen molar-refractivity contribution in [3.63, 3.8) is 0 Å². The van der Waals surface area contributed by atoms with Crippen molar-refractivity contribution in [2.45, 2.75) is 44.6 Å². The van der Waals surface area contributed by atoms with Gasteiger partial charge in [0.05, 0.1) is 6.10 Å². The number of ether oxygens (including phenoxy) is 1. The standard InChI is InChI=1S/C11H18O2/c1-13-11-6-5-8-3-2-4-10(12)9(11)7-8/h8-9,11H,2-7H2,1H3/t8-,9+,11?/m0/s1. The Labute approximate surface area is 79.7 Å². The summed E-state index contributed by atoms with van der Waals surface area (Å²) in [6, 6.07) is 0. The van der Waals surface area contributed by atoms with Crippen molar-refractivity contribution in [2.75, 3.05) is 7.11 Å². The Bertz CT molecular complexity index is 200. The second-order valence-electron chi connectivity index (χ2n) is 4.42. The molecule has 0 heterocycles. The van der Waals surface area contributed by atoms with Crippen LogP contribution in [0.4, 0.5) is 0 Å². The first-order chi connectivity index (χ1) is 6.31. The SMILES string of the molecule is COC1CC[C@@H]2CCCC(=O)[C@H]1C2. The molecule has 0 radical (unpaired) electrons. The number of methoxy groups -OCH3 is 1. The fourth-order valence-electron chi connectivity index (χ4n) is 2.86. The summed E-state index contributed by atoms with van der Waals surface area (Å²) in [6.45, 7) is 0. The quantitative estimate of drug-likeness (QED) is 0.621. The Kier molecular flexibility index (Phi) is 2.68. The molecule has 2 fully saturated rings. The van der Waals surface area contributed by atoms with Crippen molar-refractivity contribution < 1.29 is 9.53 Å². The maximum Gasteiger partial charge on any atom is 0.138 e. The number of Topliss-reactive ketones (excluding diaryl/α,β-unsaturated/α-hetero) is 1. The molecule has 74 valence electrons. The molecule has 3 atom stereocenters. The van der Waals surface area contributed by atoms with Crippen molar-refractivity contribution in [3.05, 3.63) is 0 Å². The molecule has 0 N–H and O–H groups in total. The fraction of sp³-hybridized carbons (Fsp3) is 0.909. The highest BCUT2D eigenvalue weighted by molar-refractivity contribution is 5.82. The topological polar surface area (TPSA) is 26.3 Å². The molecule has 2 aliphatic carbocycles. The maximum atomic E-state index is 11.7. The summed E-state index contributed by atoms with van der Waals surface area (Å²) in [7, 11) is 1.74. The average molecular weight is 182 g/mol. The van der Waals surface area contributed by atoms with Gasteiger partial charge in [-0.05, 0) is 38.0 Å². The van der Waals surface area contributed by atoms with Crippen molar-refractivity contribution in [1.82, 2.24) is 0 Å². The molecular formula is C11H18O2. The van der Waals surface area contributed by atoms with Gasteiger partial charge in [-0.3, -0.25) is 4.79 Å². The van der Waals surface area contributed by atoms with Crippen LogP contribution >= 0.6 is 0 Å². The lowest BCUT2D eigenvalue weighted by atomic mass is 9.78. The second kappa shape index (κ2) is 3.79. The largest absolute Gasteiger partial charge is 0.381 e. The number of hydrogen-bond donors (Lipinski definition) is 0. The molecule has 0 saturated heterocycles. The first-order valence-electron chi connectivity index (χ1n) is 5.36. The Morgan fingerprint density at radius 1 is 1.31 bits per heavy atom. The van der Waals surface area contributed by atoms with E-state index in [9.17, 15) is 4.79 Å². The summed E-state index contributed by atoms with van der Waals surface area (Å²) in [5, 5.41) is 0. The van der Waals surface area contributed by atoms with E-state index in [4.69, 9.17) is 4.74 Å². The van der Waals surface area contributed by atoms with Crippen molar-refractivity contribution in [1.29, 1.82) is 0 Å². The Hall–Kier alpha value is -0.370. The zero-order valence-corrected chi connectivity index (χ0v) is 8.29. The molecule has 2 saturated carbocycles. The van der Waals surface area contributed by atoms with E-state index in [1.807, 2.05) is 0 Å². The van der Waals surface area contributed by atoms with E-state index in [1.54, 1.807) is 7.11 Å². The van der Waals surface area contributed by atoms with Crippen LogP contribution in [0.25, 0.3) is 0 Å². The molecule has 0 aromatic heterocycles. The van der Waals surface area contributed by atoms with Crippen LogP contribution in [0.5, 0.6) is 0 Å². The van der Waals surface area contributed by atoms with E-state index in [1.165, 1.54) is 12.8 Å². The maximum absolute atomic E-state index is 11.7. The summed E-state index contributed by atoms with van der Waals surface area (Å²) < 4.78 is 5.38. The van der Waals surface area contributed by atoms with Gasteiger partial charge in [0.15, 0.2) is 0 Å². The lowest BCUT2D eigenvalue weighted by Crippen LogP contribution is -2.34. The predicted molar refractivity (Wildman–Crippen MR) is 50.5 cm³/mol. The molecule has 0 amide bonds. The lowest BCUT2D eigenvalue weighted by Gasteiger charge is -2.32. The zero-order chi connectivity index (χ0) is 9.26. The van der Waals surface area contributed by atoms with Crippen LogP contribution in [-0.4, -0.2) is 19.0 Å². The molecule has 0 aromatic carbocycles. The molecule has 2 aliphatic rings. The molecule has 13 heavy (non-hydrogen) atoms. The zero-order valence-electron chi connectivity index (χ0n) is 8.29. The van der Waals surface area contributed by atoms with E-state index in [2.05, 4.69) is 0 Å². The molecule has 2 heteroatoms. The molecule has 0 aromatic rings. The summed E-state index contributed by atoms with van der Waals surface area (Å²) in [4.78, 5) is 11.7. The van der Waals surface area contributed by atoms with Gasteiger partial charge in [-0.15, -0.1) is 0 Å². The first kappa shape index (κ1) is 9.20. The molecule has 1 unspecified atom stereocenters. The highest BCUT2D eigenvalue weighted by Gasteiger charge is 2.36. The summed E-state index contributed by atoms with van der Waals surface area (Å²) in [5.74, 6) is 1.49. The van der Waals surface area contributed by atoms with E-state index in [0.717, 1.165) is 31.6 Å². The van der Waals surface area contributed by atoms with Crippen LogP contribution in [0.15, 0.2) is 0 Å². The van der Waals surface area contributed by atoms with Crippen LogP contribution in [-0.2, 0) is 9.53 Å². The van der Waals surface area contributed by atoms with Crippen LogP contribution in [0.3, 0.4) is 0 Å². The molecule has 0 spiro atoms. The third-order valence-corrected chi connectivity index (χ3v) is 3.65. The summed E-state index contributed by atoms with van der Waals surface area (Å²) in [5.41, 5.74) is 0.